The number of aromatic nitrogens is 4. The summed E-state index contributed by atoms with van der Waals surface area (Å²) in [7, 11) is 0. The third-order valence-electron chi connectivity index (χ3n) is 2.80. The number of carbonyl (C=O) groups excluding carboxylic acids is 1. The molecule has 1 amide bonds. The van der Waals surface area contributed by atoms with Gasteiger partial charge in [0.1, 0.15) is 0 Å². The van der Waals surface area contributed by atoms with E-state index in [9.17, 15) is 14.9 Å². The van der Waals surface area contributed by atoms with Crippen molar-refractivity contribution < 1.29 is 9.72 Å². The number of nitrogens with one attached hydrogen (secondary N) is 1. The van der Waals surface area contributed by atoms with Crippen LogP contribution in [-0.2, 0) is 6.54 Å². The fourth-order valence-corrected chi connectivity index (χ4v) is 1.86. The molecule has 0 aliphatic heterocycles. The van der Waals surface area contributed by atoms with Crippen LogP contribution in [0.5, 0.6) is 0 Å². The maximum Gasteiger partial charge on any atom is 0.270 e. The van der Waals surface area contributed by atoms with Crippen molar-refractivity contribution in [1.29, 1.82) is 0 Å². The molecular weight excluding hydrogens is 312 g/mol. The van der Waals surface area contributed by atoms with E-state index in [1.54, 1.807) is 0 Å². The highest BCUT2D eigenvalue weighted by Gasteiger charge is 2.17. The Morgan fingerprint density at radius 2 is 2.27 bits per heavy atom. The van der Waals surface area contributed by atoms with Crippen molar-refractivity contribution in [1.82, 2.24) is 20.2 Å². The number of hydrogen-bond acceptors (Lipinski definition) is 6. The molecule has 0 atom stereocenters. The highest BCUT2D eigenvalue weighted by Crippen LogP contribution is 2.22. The lowest BCUT2D eigenvalue weighted by molar-refractivity contribution is -0.384. The lowest BCUT2D eigenvalue weighted by Gasteiger charge is -2.03. The number of benzene rings is 1. The standard InChI is InChI=1S/C12H13ClN6O3/c1-2-3-6-18-16-12(15-17-18)14-11(20)9-7-8(19(21)22)4-5-10(9)13/h4-5,7H,2-3,6H2,1H3,(H,14,16,20). The van der Waals surface area contributed by atoms with E-state index in [1.165, 1.54) is 16.9 Å². The maximum atomic E-state index is 12.1. The number of nitrogens with zero attached hydrogens (tertiary/aromatic N) is 5. The second-order valence-electron chi connectivity index (χ2n) is 4.44. The van der Waals surface area contributed by atoms with Gasteiger partial charge in [0.25, 0.3) is 17.5 Å². The molecule has 9 nitrogen and oxygen atoms in total. The summed E-state index contributed by atoms with van der Waals surface area (Å²) in [5.41, 5.74) is -0.255. The van der Waals surface area contributed by atoms with Crippen molar-refractivity contribution in [3.05, 3.63) is 38.9 Å². The Hall–Kier alpha value is -2.55. The average Bonchev–Trinajstić information content (AvgIpc) is 2.92. The van der Waals surface area contributed by atoms with Crippen LogP contribution in [0, 0.1) is 10.1 Å². The Labute approximate surface area is 130 Å². The van der Waals surface area contributed by atoms with Crippen molar-refractivity contribution in [3.63, 3.8) is 0 Å². The molecule has 116 valence electrons. The summed E-state index contributed by atoms with van der Waals surface area (Å²) in [6, 6.07) is 3.61. The van der Waals surface area contributed by atoms with Crippen LogP contribution in [0.4, 0.5) is 11.6 Å². The molecule has 0 unspecified atom stereocenters. The van der Waals surface area contributed by atoms with Gasteiger partial charge in [-0.3, -0.25) is 20.2 Å². The summed E-state index contributed by atoms with van der Waals surface area (Å²) in [4.78, 5) is 23.6. The molecule has 2 rings (SSSR count). The van der Waals surface area contributed by atoms with Crippen LogP contribution >= 0.6 is 11.6 Å². The van der Waals surface area contributed by atoms with Gasteiger partial charge in [0.15, 0.2) is 0 Å². The van der Waals surface area contributed by atoms with E-state index in [0.717, 1.165) is 18.9 Å². The van der Waals surface area contributed by atoms with Gasteiger partial charge in [0.05, 0.1) is 22.1 Å². The van der Waals surface area contributed by atoms with Crippen LogP contribution in [0.2, 0.25) is 5.02 Å². The number of non-ortho nitro benzene ring substituents is 1. The van der Waals surface area contributed by atoms with Crippen molar-refractivity contribution in [3.8, 4) is 0 Å². The van der Waals surface area contributed by atoms with Crippen LogP contribution in [0.25, 0.3) is 0 Å². The normalized spacial score (nSPS) is 10.5. The summed E-state index contributed by atoms with van der Waals surface area (Å²) in [5.74, 6) is -0.618. The highest BCUT2D eigenvalue weighted by molar-refractivity contribution is 6.34. The SMILES string of the molecule is CCCCn1nnc(NC(=O)c2cc([N+](=O)[O-])ccc2Cl)n1. The zero-order chi connectivity index (χ0) is 16.1. The molecule has 0 aliphatic carbocycles. The van der Waals surface area contributed by atoms with E-state index in [-0.39, 0.29) is 22.2 Å². The molecule has 1 heterocycles. The van der Waals surface area contributed by atoms with Crippen LogP contribution < -0.4 is 5.32 Å². The fraction of sp³-hybridized carbons (Fsp3) is 0.333. The maximum absolute atomic E-state index is 12.1. The number of rotatable bonds is 6. The summed E-state index contributed by atoms with van der Waals surface area (Å²) in [6.45, 7) is 2.63. The van der Waals surface area contributed by atoms with Gasteiger partial charge in [0, 0.05) is 12.1 Å². The lowest BCUT2D eigenvalue weighted by Crippen LogP contribution is -2.14. The molecule has 10 heteroatoms. The second-order valence-corrected chi connectivity index (χ2v) is 4.85. The smallest absolute Gasteiger partial charge is 0.270 e. The number of nitro benzene ring substituents is 1. The summed E-state index contributed by atoms with van der Waals surface area (Å²) >= 11 is 5.89. The Kier molecular flexibility index (Phi) is 4.99. The van der Waals surface area contributed by atoms with Gasteiger partial charge < -0.3 is 0 Å². The van der Waals surface area contributed by atoms with Crippen molar-refractivity contribution in [2.75, 3.05) is 5.32 Å². The summed E-state index contributed by atoms with van der Waals surface area (Å²) in [5, 5.41) is 24.7. The number of unbranched alkanes of at least 4 members (excludes halogenated alkanes) is 1. The Bertz CT molecular complexity index is 702. The molecular formula is C12H13ClN6O3. The average molecular weight is 325 g/mol. The highest BCUT2D eigenvalue weighted by atomic mass is 35.5. The van der Waals surface area contributed by atoms with Gasteiger partial charge >= 0.3 is 0 Å². The van der Waals surface area contributed by atoms with E-state index in [2.05, 4.69) is 20.7 Å². The summed E-state index contributed by atoms with van der Waals surface area (Å²) < 4.78 is 0. The molecule has 1 aromatic carbocycles. The summed E-state index contributed by atoms with van der Waals surface area (Å²) in [6.07, 6.45) is 1.87. The molecule has 0 radical (unpaired) electrons. The van der Waals surface area contributed by atoms with E-state index >= 15 is 0 Å². The molecule has 0 saturated carbocycles. The van der Waals surface area contributed by atoms with Crippen LogP contribution in [0.1, 0.15) is 30.1 Å². The number of aryl methyl sites for hydroxylation is 1. The van der Waals surface area contributed by atoms with Crippen LogP contribution in [-0.4, -0.2) is 31.0 Å². The Balaban J connectivity index is 2.13. The quantitative estimate of drug-likeness (QED) is 0.643. The minimum atomic E-state index is -0.635. The van der Waals surface area contributed by atoms with E-state index in [1.807, 2.05) is 6.92 Å². The number of carbonyl (C=O) groups is 1. The third kappa shape index (κ3) is 3.76. The second kappa shape index (κ2) is 6.94. The number of nitro groups is 1. The van der Waals surface area contributed by atoms with Crippen LogP contribution in [0.15, 0.2) is 18.2 Å². The number of tetrazole rings is 1. The molecule has 0 fully saturated rings. The largest absolute Gasteiger partial charge is 0.288 e. The molecule has 0 bridgehead atoms. The van der Waals surface area contributed by atoms with Crippen molar-refractivity contribution >= 4 is 29.1 Å². The van der Waals surface area contributed by atoms with Crippen molar-refractivity contribution in [2.45, 2.75) is 26.3 Å². The molecule has 0 saturated heterocycles. The molecule has 0 aliphatic rings. The predicted octanol–water partition coefficient (Wildman–Crippen LogP) is 2.29. The first-order valence-corrected chi connectivity index (χ1v) is 6.92. The van der Waals surface area contributed by atoms with Crippen molar-refractivity contribution in [2.24, 2.45) is 0 Å². The topological polar surface area (TPSA) is 116 Å². The number of anilines is 1. The number of halogens is 1. The Morgan fingerprint density at radius 1 is 1.50 bits per heavy atom. The van der Waals surface area contributed by atoms with Gasteiger partial charge in [0.2, 0.25) is 0 Å². The van der Waals surface area contributed by atoms with Gasteiger partial charge in [-0.2, -0.15) is 4.80 Å². The van der Waals surface area contributed by atoms with Gasteiger partial charge in [-0.15, -0.1) is 5.10 Å². The first kappa shape index (κ1) is 15.8. The molecule has 22 heavy (non-hydrogen) atoms. The predicted molar refractivity (Wildman–Crippen MR) is 78.8 cm³/mol. The third-order valence-corrected chi connectivity index (χ3v) is 3.12. The minimum Gasteiger partial charge on any atom is -0.288 e. The van der Waals surface area contributed by atoms with Gasteiger partial charge in [-0.1, -0.05) is 30.0 Å². The fourth-order valence-electron chi connectivity index (χ4n) is 1.66. The number of hydrogen-bond donors (Lipinski definition) is 1. The zero-order valence-corrected chi connectivity index (χ0v) is 12.4. The number of amides is 1. The molecule has 1 aromatic heterocycles. The minimum absolute atomic E-state index is 0.0173. The van der Waals surface area contributed by atoms with E-state index in [4.69, 9.17) is 11.6 Å². The van der Waals surface area contributed by atoms with E-state index < -0.39 is 10.8 Å². The van der Waals surface area contributed by atoms with Crippen LogP contribution in [0.3, 0.4) is 0 Å². The first-order chi connectivity index (χ1) is 10.5. The Morgan fingerprint density at radius 3 is 2.95 bits per heavy atom. The van der Waals surface area contributed by atoms with Gasteiger partial charge in [-0.25, -0.2) is 0 Å². The molecule has 0 spiro atoms. The van der Waals surface area contributed by atoms with E-state index in [0.29, 0.717) is 6.54 Å². The monoisotopic (exact) mass is 324 g/mol. The first-order valence-electron chi connectivity index (χ1n) is 6.54. The molecule has 2 aromatic rings. The lowest BCUT2D eigenvalue weighted by atomic mass is 10.2. The van der Waals surface area contributed by atoms with Gasteiger partial charge in [-0.05, 0) is 17.7 Å². The molecule has 1 N–H and O–H groups in total. The zero-order valence-electron chi connectivity index (χ0n) is 11.7.